The van der Waals surface area contributed by atoms with E-state index in [-0.39, 0.29) is 6.42 Å². The molecule has 0 saturated heterocycles. The molecule has 1 aliphatic rings. The lowest BCUT2D eigenvalue weighted by Gasteiger charge is -2.27. The summed E-state index contributed by atoms with van der Waals surface area (Å²) < 4.78 is 9.70. The number of aliphatic hydroxyl groups excluding tert-OH is 1. The number of carbonyl (C=O) groups is 1. The third-order valence-corrected chi connectivity index (χ3v) is 2.18. The van der Waals surface area contributed by atoms with Crippen LogP contribution in [0.2, 0.25) is 0 Å². The van der Waals surface area contributed by atoms with Gasteiger partial charge in [0.25, 0.3) is 6.29 Å². The van der Waals surface area contributed by atoms with E-state index in [0.717, 1.165) is 0 Å². The molecule has 80 valence electrons. The zero-order valence-electron chi connectivity index (χ0n) is 7.79. The van der Waals surface area contributed by atoms with Crippen LogP contribution in [0.5, 0.6) is 5.75 Å². The summed E-state index contributed by atoms with van der Waals surface area (Å²) in [7, 11) is 0. The fourth-order valence-electron chi connectivity index (χ4n) is 1.55. The van der Waals surface area contributed by atoms with Crippen LogP contribution >= 0.6 is 0 Å². The van der Waals surface area contributed by atoms with E-state index in [1.54, 1.807) is 24.3 Å². The zero-order valence-corrected chi connectivity index (χ0v) is 7.79. The standard InChI is InChI=1S/C10H10O5/c11-7-5-9(15-10(12)13)14-8-4-2-1-3-6(7)8/h1-4,7,9,11H,5H2,(H,12,13). The second-order valence-electron chi connectivity index (χ2n) is 3.22. The first-order chi connectivity index (χ1) is 7.16. The van der Waals surface area contributed by atoms with Crippen LogP contribution in [0.3, 0.4) is 0 Å². The molecule has 0 spiro atoms. The number of fused-ring (bicyclic) bond motifs is 1. The topological polar surface area (TPSA) is 76.0 Å². The first-order valence-corrected chi connectivity index (χ1v) is 4.50. The lowest BCUT2D eigenvalue weighted by molar-refractivity contribution is -0.0892. The third kappa shape index (κ3) is 2.02. The lowest BCUT2D eigenvalue weighted by Crippen LogP contribution is -2.29. The van der Waals surface area contributed by atoms with Crippen LogP contribution in [0.15, 0.2) is 24.3 Å². The maximum absolute atomic E-state index is 10.3. The molecule has 5 heteroatoms. The van der Waals surface area contributed by atoms with E-state index in [2.05, 4.69) is 4.74 Å². The van der Waals surface area contributed by atoms with Crippen LogP contribution in [0, 0.1) is 0 Å². The highest BCUT2D eigenvalue weighted by atomic mass is 16.8. The smallest absolute Gasteiger partial charge is 0.454 e. The minimum atomic E-state index is -1.41. The molecule has 2 atom stereocenters. The molecule has 0 aliphatic carbocycles. The van der Waals surface area contributed by atoms with E-state index in [9.17, 15) is 9.90 Å². The van der Waals surface area contributed by atoms with Gasteiger partial charge in [-0.1, -0.05) is 18.2 Å². The fraction of sp³-hybridized carbons (Fsp3) is 0.300. The molecule has 2 unspecified atom stereocenters. The van der Waals surface area contributed by atoms with E-state index < -0.39 is 18.5 Å². The Hall–Kier alpha value is -1.75. The van der Waals surface area contributed by atoms with Gasteiger partial charge in [0.15, 0.2) is 0 Å². The molecule has 1 aromatic rings. The summed E-state index contributed by atoms with van der Waals surface area (Å²) in [4.78, 5) is 10.3. The van der Waals surface area contributed by atoms with Crippen LogP contribution in [-0.2, 0) is 4.74 Å². The van der Waals surface area contributed by atoms with E-state index in [4.69, 9.17) is 9.84 Å². The number of rotatable bonds is 1. The van der Waals surface area contributed by atoms with Gasteiger partial charge in [0.1, 0.15) is 5.75 Å². The Kier molecular flexibility index (Phi) is 2.47. The molecule has 1 aromatic carbocycles. The first kappa shape index (κ1) is 9.79. The van der Waals surface area contributed by atoms with E-state index in [0.29, 0.717) is 11.3 Å². The van der Waals surface area contributed by atoms with Crippen LogP contribution in [0.25, 0.3) is 0 Å². The average molecular weight is 210 g/mol. The highest BCUT2D eigenvalue weighted by molar-refractivity contribution is 5.57. The number of carboxylic acid groups (broad SMARTS) is 1. The van der Waals surface area contributed by atoms with Gasteiger partial charge in [-0.25, -0.2) is 4.79 Å². The zero-order chi connectivity index (χ0) is 10.8. The Bertz CT molecular complexity index is 376. The van der Waals surface area contributed by atoms with Crippen LogP contribution in [0.4, 0.5) is 4.79 Å². The summed E-state index contributed by atoms with van der Waals surface area (Å²) in [6, 6.07) is 6.92. The molecule has 0 aromatic heterocycles. The molecule has 0 bridgehead atoms. The first-order valence-electron chi connectivity index (χ1n) is 4.50. The van der Waals surface area contributed by atoms with Gasteiger partial charge in [0.2, 0.25) is 0 Å². The number of ether oxygens (including phenoxy) is 2. The maximum Gasteiger partial charge on any atom is 0.508 e. The SMILES string of the molecule is O=C(O)OC1CC(O)c2ccccc2O1. The molecule has 2 N–H and O–H groups in total. The van der Waals surface area contributed by atoms with Gasteiger partial charge < -0.3 is 19.7 Å². The monoisotopic (exact) mass is 210 g/mol. The fourth-order valence-corrected chi connectivity index (χ4v) is 1.55. The van der Waals surface area contributed by atoms with Crippen LogP contribution in [0.1, 0.15) is 18.1 Å². The van der Waals surface area contributed by atoms with Gasteiger partial charge >= 0.3 is 6.16 Å². The molecule has 1 heterocycles. The van der Waals surface area contributed by atoms with Gasteiger partial charge in [-0.3, -0.25) is 0 Å². The molecule has 0 fully saturated rings. The Balaban J connectivity index is 2.19. The Morgan fingerprint density at radius 1 is 1.47 bits per heavy atom. The number of hydrogen-bond donors (Lipinski definition) is 2. The molecule has 1 aliphatic heterocycles. The molecule has 15 heavy (non-hydrogen) atoms. The summed E-state index contributed by atoms with van der Waals surface area (Å²) in [5.41, 5.74) is 0.655. The van der Waals surface area contributed by atoms with E-state index in [1.807, 2.05) is 0 Å². The summed E-state index contributed by atoms with van der Waals surface area (Å²) in [6.07, 6.45) is -2.98. The summed E-state index contributed by atoms with van der Waals surface area (Å²) in [6.45, 7) is 0. The van der Waals surface area contributed by atoms with Crippen molar-refractivity contribution in [3.05, 3.63) is 29.8 Å². The lowest BCUT2D eigenvalue weighted by atomic mass is 10.0. The number of benzene rings is 1. The Morgan fingerprint density at radius 3 is 2.93 bits per heavy atom. The van der Waals surface area contributed by atoms with Crippen molar-refractivity contribution >= 4 is 6.16 Å². The van der Waals surface area contributed by atoms with Crippen molar-refractivity contribution in [2.75, 3.05) is 0 Å². The summed E-state index contributed by atoms with van der Waals surface area (Å²) in [5.74, 6) is 0.461. The second kappa shape index (κ2) is 3.78. The number of para-hydroxylation sites is 1. The normalized spacial score (nSPS) is 23.8. The van der Waals surface area contributed by atoms with E-state index >= 15 is 0 Å². The van der Waals surface area contributed by atoms with E-state index in [1.165, 1.54) is 0 Å². The van der Waals surface area contributed by atoms with Gasteiger partial charge in [0.05, 0.1) is 12.5 Å². The Morgan fingerprint density at radius 2 is 2.20 bits per heavy atom. The molecule has 0 radical (unpaired) electrons. The maximum atomic E-state index is 10.3. The van der Waals surface area contributed by atoms with Crippen molar-refractivity contribution in [1.82, 2.24) is 0 Å². The van der Waals surface area contributed by atoms with Crippen molar-refractivity contribution in [2.45, 2.75) is 18.8 Å². The highest BCUT2D eigenvalue weighted by Crippen LogP contribution is 2.34. The summed E-state index contributed by atoms with van der Waals surface area (Å²) in [5, 5.41) is 18.1. The number of aliphatic hydroxyl groups is 1. The molecular formula is C10H10O5. The predicted octanol–water partition coefficient (Wildman–Crippen LogP) is 1.52. The summed E-state index contributed by atoms with van der Waals surface area (Å²) >= 11 is 0. The van der Waals surface area contributed by atoms with Crippen molar-refractivity contribution in [3.63, 3.8) is 0 Å². The highest BCUT2D eigenvalue weighted by Gasteiger charge is 2.28. The van der Waals surface area contributed by atoms with Crippen LogP contribution in [-0.4, -0.2) is 22.7 Å². The molecule has 2 rings (SSSR count). The largest absolute Gasteiger partial charge is 0.508 e. The third-order valence-electron chi connectivity index (χ3n) is 2.18. The number of hydrogen-bond acceptors (Lipinski definition) is 4. The minimum Gasteiger partial charge on any atom is -0.454 e. The van der Waals surface area contributed by atoms with Crippen molar-refractivity contribution in [2.24, 2.45) is 0 Å². The quantitative estimate of drug-likeness (QED) is 0.687. The van der Waals surface area contributed by atoms with Crippen molar-refractivity contribution in [3.8, 4) is 5.75 Å². The Labute approximate surface area is 85.9 Å². The van der Waals surface area contributed by atoms with Gasteiger partial charge in [-0.05, 0) is 6.07 Å². The van der Waals surface area contributed by atoms with Crippen molar-refractivity contribution in [1.29, 1.82) is 0 Å². The predicted molar refractivity (Wildman–Crippen MR) is 49.5 cm³/mol. The van der Waals surface area contributed by atoms with Gasteiger partial charge in [0, 0.05) is 5.56 Å². The minimum absolute atomic E-state index is 0.114. The average Bonchev–Trinajstić information content (AvgIpc) is 2.16. The van der Waals surface area contributed by atoms with Crippen LogP contribution < -0.4 is 4.74 Å². The van der Waals surface area contributed by atoms with Gasteiger partial charge in [-0.15, -0.1) is 0 Å². The second-order valence-corrected chi connectivity index (χ2v) is 3.22. The molecule has 0 amide bonds. The molecular weight excluding hydrogens is 200 g/mol. The molecule has 0 saturated carbocycles. The van der Waals surface area contributed by atoms with Crippen molar-refractivity contribution < 1.29 is 24.5 Å². The van der Waals surface area contributed by atoms with Gasteiger partial charge in [-0.2, -0.15) is 0 Å². The molecule has 5 nitrogen and oxygen atoms in total.